The van der Waals surface area contributed by atoms with Crippen LogP contribution >= 0.6 is 9.24 Å². The third kappa shape index (κ3) is 5.17. The van der Waals surface area contributed by atoms with Crippen LogP contribution in [0.4, 0.5) is 0 Å². The summed E-state index contributed by atoms with van der Waals surface area (Å²) in [6.07, 6.45) is 12.5. The van der Waals surface area contributed by atoms with Crippen molar-refractivity contribution in [3.05, 3.63) is 0 Å². The van der Waals surface area contributed by atoms with Crippen molar-refractivity contribution in [3.63, 3.8) is 0 Å². The molecule has 0 fully saturated rings. The van der Waals surface area contributed by atoms with Crippen LogP contribution in [0.25, 0.3) is 0 Å². The third-order valence-electron chi connectivity index (χ3n) is 4.52. The number of unbranched alkanes of at least 4 members (excludes halogenated alkanes) is 4. The Labute approximate surface area is 106 Å². The largest absolute Gasteiger partial charge is 0.134 e. The highest BCUT2D eigenvalue weighted by atomic mass is 31.0. The summed E-state index contributed by atoms with van der Waals surface area (Å²) >= 11 is 0. The molecule has 16 heavy (non-hydrogen) atoms. The van der Waals surface area contributed by atoms with E-state index in [0.717, 1.165) is 5.66 Å². The summed E-state index contributed by atoms with van der Waals surface area (Å²) < 4.78 is 0. The molecule has 0 nitrogen and oxygen atoms in total. The van der Waals surface area contributed by atoms with Gasteiger partial charge in [0.1, 0.15) is 0 Å². The van der Waals surface area contributed by atoms with Gasteiger partial charge in [0.15, 0.2) is 0 Å². The van der Waals surface area contributed by atoms with E-state index in [1.54, 1.807) is 0 Å². The van der Waals surface area contributed by atoms with E-state index >= 15 is 0 Å². The smallest absolute Gasteiger partial charge is 0.0208 e. The molecule has 1 heteroatoms. The zero-order valence-corrected chi connectivity index (χ0v) is 13.2. The topological polar surface area (TPSA) is 0 Å². The minimum atomic E-state index is 0.593. The molecule has 0 amide bonds. The highest BCUT2D eigenvalue weighted by Gasteiger charge is 2.30. The Morgan fingerprint density at radius 3 is 1.75 bits per heavy atom. The van der Waals surface area contributed by atoms with Gasteiger partial charge in [0.2, 0.25) is 0 Å². The van der Waals surface area contributed by atoms with Gasteiger partial charge in [-0.1, -0.05) is 59.8 Å². The maximum absolute atomic E-state index is 3.14. The van der Waals surface area contributed by atoms with Crippen molar-refractivity contribution >= 4 is 9.24 Å². The van der Waals surface area contributed by atoms with Gasteiger partial charge in [-0.05, 0) is 36.8 Å². The van der Waals surface area contributed by atoms with Gasteiger partial charge in [-0.3, -0.25) is 0 Å². The van der Waals surface area contributed by atoms with Crippen LogP contribution in [0.1, 0.15) is 85.5 Å². The van der Waals surface area contributed by atoms with E-state index in [1.165, 1.54) is 57.8 Å². The Bertz CT molecular complexity index is 141. The molecule has 98 valence electrons. The Morgan fingerprint density at radius 2 is 1.31 bits per heavy atom. The molecule has 0 spiro atoms. The first-order valence-corrected chi connectivity index (χ1v) is 8.09. The van der Waals surface area contributed by atoms with E-state index in [2.05, 4.69) is 36.9 Å². The molecular weight excluding hydrogens is 211 g/mol. The van der Waals surface area contributed by atoms with Gasteiger partial charge in [-0.15, -0.1) is 9.24 Å². The van der Waals surface area contributed by atoms with Gasteiger partial charge in [0.05, 0.1) is 0 Å². The fourth-order valence-corrected chi connectivity index (χ4v) is 3.75. The predicted molar refractivity (Wildman–Crippen MR) is 80.2 cm³/mol. The van der Waals surface area contributed by atoms with Crippen LogP contribution < -0.4 is 0 Å². The Balaban J connectivity index is 3.88. The van der Waals surface area contributed by atoms with E-state index in [0.29, 0.717) is 5.41 Å². The van der Waals surface area contributed by atoms with Crippen LogP contribution in [0.3, 0.4) is 0 Å². The van der Waals surface area contributed by atoms with Crippen molar-refractivity contribution in [1.82, 2.24) is 0 Å². The first-order valence-electron chi connectivity index (χ1n) is 7.42. The standard InChI is InChI=1S/C15H33P/c1-5-9-10-11-12-13-14(16)15(6-2,7-3)8-4/h14H,5-13,16H2,1-4H3. The minimum Gasteiger partial charge on any atom is -0.134 e. The lowest BCUT2D eigenvalue weighted by Gasteiger charge is -2.37. The molecule has 0 aliphatic heterocycles. The van der Waals surface area contributed by atoms with Gasteiger partial charge in [0, 0.05) is 0 Å². The fraction of sp³-hybridized carbons (Fsp3) is 1.00. The van der Waals surface area contributed by atoms with Crippen LogP contribution in [0.2, 0.25) is 0 Å². The molecule has 0 saturated carbocycles. The number of hydrogen-bond acceptors (Lipinski definition) is 0. The maximum atomic E-state index is 3.14. The highest BCUT2D eigenvalue weighted by molar-refractivity contribution is 7.17. The molecule has 0 aromatic rings. The van der Waals surface area contributed by atoms with Crippen molar-refractivity contribution in [3.8, 4) is 0 Å². The molecular formula is C15H33P. The average Bonchev–Trinajstić information content (AvgIpc) is 2.32. The van der Waals surface area contributed by atoms with Crippen molar-refractivity contribution in [2.45, 2.75) is 91.1 Å². The second-order valence-corrected chi connectivity index (χ2v) is 6.04. The van der Waals surface area contributed by atoms with Crippen LogP contribution in [-0.2, 0) is 0 Å². The minimum absolute atomic E-state index is 0.593. The lowest BCUT2D eigenvalue weighted by atomic mass is 9.75. The zero-order chi connectivity index (χ0) is 12.4. The van der Waals surface area contributed by atoms with Crippen molar-refractivity contribution in [2.24, 2.45) is 5.41 Å². The SMILES string of the molecule is CCCCCCCC(P)C(CC)(CC)CC. The fourth-order valence-electron chi connectivity index (χ4n) is 2.81. The van der Waals surface area contributed by atoms with Crippen molar-refractivity contribution < 1.29 is 0 Å². The summed E-state index contributed by atoms with van der Waals surface area (Å²) in [4.78, 5) is 0. The van der Waals surface area contributed by atoms with E-state index in [9.17, 15) is 0 Å². The molecule has 0 aliphatic rings. The van der Waals surface area contributed by atoms with Crippen LogP contribution in [-0.4, -0.2) is 5.66 Å². The predicted octanol–water partition coefficient (Wildman–Crippen LogP) is 5.81. The summed E-state index contributed by atoms with van der Waals surface area (Å²) in [5, 5.41) is 0. The maximum Gasteiger partial charge on any atom is -0.0208 e. The monoisotopic (exact) mass is 244 g/mol. The molecule has 2 unspecified atom stereocenters. The molecule has 0 bridgehead atoms. The molecule has 0 heterocycles. The van der Waals surface area contributed by atoms with Gasteiger partial charge >= 0.3 is 0 Å². The van der Waals surface area contributed by atoms with Gasteiger partial charge in [-0.25, -0.2) is 0 Å². The molecule has 0 aliphatic carbocycles. The van der Waals surface area contributed by atoms with E-state index in [4.69, 9.17) is 0 Å². The van der Waals surface area contributed by atoms with E-state index in [1.807, 2.05) is 0 Å². The van der Waals surface area contributed by atoms with E-state index < -0.39 is 0 Å². The Kier molecular flexibility index (Phi) is 9.71. The van der Waals surface area contributed by atoms with Crippen molar-refractivity contribution in [2.75, 3.05) is 0 Å². The second-order valence-electron chi connectivity index (χ2n) is 5.23. The van der Waals surface area contributed by atoms with Gasteiger partial charge < -0.3 is 0 Å². The lowest BCUT2D eigenvalue weighted by molar-refractivity contribution is 0.230. The molecule has 0 saturated heterocycles. The van der Waals surface area contributed by atoms with Crippen molar-refractivity contribution in [1.29, 1.82) is 0 Å². The summed E-state index contributed by atoms with van der Waals surface area (Å²) in [5.41, 5.74) is 1.42. The molecule has 0 aromatic heterocycles. The van der Waals surface area contributed by atoms with Gasteiger partial charge in [-0.2, -0.15) is 0 Å². The lowest BCUT2D eigenvalue weighted by Crippen LogP contribution is -2.29. The van der Waals surface area contributed by atoms with Crippen LogP contribution in [0.5, 0.6) is 0 Å². The van der Waals surface area contributed by atoms with Crippen LogP contribution in [0.15, 0.2) is 0 Å². The summed E-state index contributed by atoms with van der Waals surface area (Å²) in [6.45, 7) is 9.37. The highest BCUT2D eigenvalue weighted by Crippen LogP contribution is 2.41. The first kappa shape index (κ1) is 16.4. The molecule has 0 aromatic carbocycles. The molecule has 0 rings (SSSR count). The summed E-state index contributed by atoms with van der Waals surface area (Å²) in [6, 6.07) is 0. The zero-order valence-electron chi connectivity index (χ0n) is 12.0. The quantitative estimate of drug-likeness (QED) is 0.336. The molecule has 0 radical (unpaired) electrons. The average molecular weight is 244 g/mol. The Morgan fingerprint density at radius 1 is 0.812 bits per heavy atom. The van der Waals surface area contributed by atoms with E-state index in [-0.39, 0.29) is 0 Å². The van der Waals surface area contributed by atoms with Gasteiger partial charge in [0.25, 0.3) is 0 Å². The number of hydrogen-bond donors (Lipinski definition) is 0. The first-order chi connectivity index (χ1) is 7.66. The normalized spacial score (nSPS) is 14.1. The second kappa shape index (κ2) is 9.46. The summed E-state index contributed by atoms with van der Waals surface area (Å²) in [7, 11) is 3.14. The molecule has 0 N–H and O–H groups in total. The number of rotatable bonds is 10. The Hall–Kier alpha value is 0.430. The third-order valence-corrected chi connectivity index (χ3v) is 5.56. The molecule has 2 atom stereocenters. The summed E-state index contributed by atoms with van der Waals surface area (Å²) in [5.74, 6) is 0. The van der Waals surface area contributed by atoms with Crippen LogP contribution in [0, 0.1) is 5.41 Å².